The van der Waals surface area contributed by atoms with E-state index >= 15 is 0 Å². The predicted molar refractivity (Wildman–Crippen MR) is 127 cm³/mol. The van der Waals surface area contributed by atoms with Gasteiger partial charge in [-0.3, -0.25) is 0 Å². The third-order valence-corrected chi connectivity index (χ3v) is 7.23. The average Bonchev–Trinajstić information content (AvgIpc) is 3.48. The van der Waals surface area contributed by atoms with Crippen molar-refractivity contribution in [3.63, 3.8) is 0 Å². The van der Waals surface area contributed by atoms with Crippen LogP contribution in [0.2, 0.25) is 10.0 Å². The van der Waals surface area contributed by atoms with Gasteiger partial charge in [0.15, 0.2) is 0 Å². The van der Waals surface area contributed by atoms with Gasteiger partial charge in [0.2, 0.25) is 5.95 Å². The van der Waals surface area contributed by atoms with Crippen molar-refractivity contribution in [1.29, 1.82) is 0 Å². The van der Waals surface area contributed by atoms with Crippen LogP contribution in [-0.2, 0) is 0 Å². The zero-order valence-corrected chi connectivity index (χ0v) is 19.4. The molecule has 0 saturated heterocycles. The minimum atomic E-state index is -1.01. The molecule has 0 spiro atoms. The molecule has 1 amide bonds. The van der Waals surface area contributed by atoms with Gasteiger partial charge in [0.1, 0.15) is 11.5 Å². The molecule has 2 aromatic carbocycles. The summed E-state index contributed by atoms with van der Waals surface area (Å²) < 4.78 is 10.7. The maximum atomic E-state index is 11.1. The zero-order valence-electron chi connectivity index (χ0n) is 17.9. The Morgan fingerprint density at radius 2 is 1.85 bits per heavy atom. The number of hydrogen-bond donors (Lipinski definition) is 3. The van der Waals surface area contributed by atoms with Crippen LogP contribution in [0.1, 0.15) is 12.8 Å². The molecule has 2 fully saturated rings. The van der Waals surface area contributed by atoms with E-state index in [1.54, 1.807) is 12.3 Å². The molecular formula is C23H22Cl2N4O4. The van der Waals surface area contributed by atoms with Crippen molar-refractivity contribution >= 4 is 46.1 Å². The van der Waals surface area contributed by atoms with Crippen molar-refractivity contribution < 1.29 is 19.4 Å². The van der Waals surface area contributed by atoms with Crippen molar-refractivity contribution in [2.24, 2.45) is 11.8 Å². The first-order chi connectivity index (χ1) is 15.9. The van der Waals surface area contributed by atoms with Crippen LogP contribution in [0.15, 0.2) is 30.5 Å². The maximum Gasteiger partial charge on any atom is 0.404 e. The third kappa shape index (κ3) is 3.98. The predicted octanol–water partition coefficient (Wildman–Crippen LogP) is 5.08. The highest BCUT2D eigenvalue weighted by Gasteiger charge is 2.54. The summed E-state index contributed by atoms with van der Waals surface area (Å²) >= 11 is 13.1. The summed E-state index contributed by atoms with van der Waals surface area (Å²) in [4.78, 5) is 20.2. The molecule has 2 aliphatic rings. The molecule has 0 unspecified atom stereocenters. The first-order valence-corrected chi connectivity index (χ1v) is 11.3. The van der Waals surface area contributed by atoms with Crippen LogP contribution in [0, 0.1) is 11.8 Å². The first kappa shape index (κ1) is 21.9. The van der Waals surface area contributed by atoms with E-state index in [-0.39, 0.29) is 12.1 Å². The van der Waals surface area contributed by atoms with Crippen LogP contribution in [0.3, 0.4) is 0 Å². The smallest absolute Gasteiger partial charge is 0.404 e. The van der Waals surface area contributed by atoms with Gasteiger partial charge in [-0.25, -0.2) is 14.8 Å². The number of carbonyl (C=O) groups is 1. The van der Waals surface area contributed by atoms with Crippen molar-refractivity contribution in [2.75, 3.05) is 19.5 Å². The highest BCUT2D eigenvalue weighted by Crippen LogP contribution is 2.52. The molecule has 3 N–H and O–H groups in total. The molecule has 3 aromatic rings. The molecule has 0 radical (unpaired) electrons. The number of nitrogens with zero attached hydrogens (tertiary/aromatic N) is 2. The zero-order chi connectivity index (χ0) is 23.3. The van der Waals surface area contributed by atoms with E-state index in [0.29, 0.717) is 44.9 Å². The van der Waals surface area contributed by atoms with Gasteiger partial charge in [-0.05, 0) is 42.4 Å². The van der Waals surface area contributed by atoms with Crippen LogP contribution >= 0.6 is 23.2 Å². The minimum absolute atomic E-state index is 0.00955. The van der Waals surface area contributed by atoms with Crippen molar-refractivity contribution in [3.05, 3.63) is 40.5 Å². The van der Waals surface area contributed by atoms with Crippen LogP contribution in [0.5, 0.6) is 11.5 Å². The molecule has 10 heteroatoms. The molecule has 0 aliphatic heterocycles. The molecule has 4 atom stereocenters. The number of hydrogen-bond acceptors (Lipinski definition) is 6. The van der Waals surface area contributed by atoms with Gasteiger partial charge < -0.3 is 25.2 Å². The lowest BCUT2D eigenvalue weighted by molar-refractivity contribution is 0.188. The monoisotopic (exact) mass is 488 g/mol. The molecule has 8 nitrogen and oxygen atoms in total. The Hall–Kier alpha value is -2.97. The molecule has 0 bridgehead atoms. The molecule has 5 rings (SSSR count). The maximum absolute atomic E-state index is 11.1. The molecule has 1 aromatic heterocycles. The van der Waals surface area contributed by atoms with Crippen molar-refractivity contribution in [1.82, 2.24) is 15.3 Å². The van der Waals surface area contributed by atoms with E-state index in [1.165, 1.54) is 14.2 Å². The largest absolute Gasteiger partial charge is 0.495 e. The number of rotatable bonds is 6. The number of aromatic nitrogens is 2. The lowest BCUT2D eigenvalue weighted by Gasteiger charge is -2.23. The lowest BCUT2D eigenvalue weighted by Crippen LogP contribution is -2.45. The summed E-state index contributed by atoms with van der Waals surface area (Å²) in [5, 5.41) is 16.7. The number of nitrogens with one attached hydrogen (secondary N) is 2. The standard InChI is InChI=1S/C23H22Cl2N4O4/c1-32-16-8-17(33-2)20(25)18(19(16)24)10-3-4-14-12(5-10)9-26-22(27-14)29-21-13-6-11(13)7-15(21)28-23(30)31/h3-5,8-9,11,13,15,21,28H,6-7H2,1-2H3,(H,30,31)(H,26,27,29)/t11-,13-,15-,21+/m0/s1. The van der Waals surface area contributed by atoms with Gasteiger partial charge in [0.05, 0.1) is 41.9 Å². The van der Waals surface area contributed by atoms with E-state index in [4.69, 9.17) is 37.8 Å². The summed E-state index contributed by atoms with van der Waals surface area (Å²) in [5.74, 6) is 2.42. The van der Waals surface area contributed by atoms with Gasteiger partial charge in [-0.1, -0.05) is 29.3 Å². The second kappa shape index (κ2) is 8.43. The summed E-state index contributed by atoms with van der Waals surface area (Å²) in [6.45, 7) is 0. The number of carboxylic acid groups (broad SMARTS) is 1. The fourth-order valence-corrected chi connectivity index (χ4v) is 5.53. The average molecular weight is 489 g/mol. The SMILES string of the molecule is COc1cc(OC)c(Cl)c(-c2ccc3nc(N[C@@H]4[C@H]5C[C@H]5C[C@@H]4NC(=O)O)ncc3c2)c1Cl. The van der Waals surface area contributed by atoms with E-state index in [9.17, 15) is 4.79 Å². The van der Waals surface area contributed by atoms with Crippen molar-refractivity contribution in [3.8, 4) is 22.6 Å². The Morgan fingerprint density at radius 3 is 2.52 bits per heavy atom. The van der Waals surface area contributed by atoms with Gasteiger partial charge in [-0.15, -0.1) is 0 Å². The molecule has 172 valence electrons. The normalized spacial score (nSPS) is 23.2. The minimum Gasteiger partial charge on any atom is -0.495 e. The molecule has 2 aliphatic carbocycles. The number of fused-ring (bicyclic) bond motifs is 2. The Labute approximate surface area is 200 Å². The second-order valence-corrected chi connectivity index (χ2v) is 9.13. The Kier molecular flexibility index (Phi) is 5.58. The Bertz CT molecular complexity index is 1230. The summed E-state index contributed by atoms with van der Waals surface area (Å²) in [7, 11) is 3.07. The van der Waals surface area contributed by atoms with Gasteiger partial charge in [0.25, 0.3) is 0 Å². The van der Waals surface area contributed by atoms with E-state index < -0.39 is 6.09 Å². The highest BCUT2D eigenvalue weighted by atomic mass is 35.5. The Morgan fingerprint density at radius 1 is 1.12 bits per heavy atom. The fraction of sp³-hybridized carbons (Fsp3) is 0.348. The third-order valence-electron chi connectivity index (χ3n) is 6.48. The summed E-state index contributed by atoms with van der Waals surface area (Å²) in [5.41, 5.74) is 2.12. The molecule has 2 saturated carbocycles. The van der Waals surface area contributed by atoms with E-state index in [1.807, 2.05) is 18.2 Å². The number of benzene rings is 2. The molecular weight excluding hydrogens is 467 g/mol. The number of amides is 1. The van der Waals surface area contributed by atoms with Gasteiger partial charge >= 0.3 is 6.09 Å². The number of ether oxygens (including phenoxy) is 2. The fourth-order valence-electron chi connectivity index (χ4n) is 4.81. The van der Waals surface area contributed by atoms with Crippen LogP contribution < -0.4 is 20.1 Å². The van der Waals surface area contributed by atoms with Gasteiger partial charge in [-0.2, -0.15) is 0 Å². The van der Waals surface area contributed by atoms with Crippen LogP contribution in [0.25, 0.3) is 22.0 Å². The summed E-state index contributed by atoms with van der Waals surface area (Å²) in [6, 6.07) is 7.16. The topological polar surface area (TPSA) is 106 Å². The number of halogens is 2. The number of anilines is 1. The lowest BCUT2D eigenvalue weighted by atomic mass is 10.0. The Balaban J connectivity index is 1.46. The number of methoxy groups -OCH3 is 2. The van der Waals surface area contributed by atoms with E-state index in [2.05, 4.69) is 20.6 Å². The van der Waals surface area contributed by atoms with E-state index in [0.717, 1.165) is 29.3 Å². The van der Waals surface area contributed by atoms with Crippen LogP contribution in [0.4, 0.5) is 10.7 Å². The highest BCUT2D eigenvalue weighted by molar-refractivity contribution is 6.41. The van der Waals surface area contributed by atoms with Gasteiger partial charge in [0, 0.05) is 23.2 Å². The molecule has 1 heterocycles. The van der Waals surface area contributed by atoms with Crippen molar-refractivity contribution in [2.45, 2.75) is 24.9 Å². The quantitative estimate of drug-likeness (QED) is 0.444. The first-order valence-electron chi connectivity index (χ1n) is 10.5. The summed E-state index contributed by atoms with van der Waals surface area (Å²) in [6.07, 6.45) is 2.67. The second-order valence-electron chi connectivity index (χ2n) is 8.37. The van der Waals surface area contributed by atoms with Crippen LogP contribution in [-0.4, -0.2) is 47.5 Å². The molecule has 33 heavy (non-hydrogen) atoms.